The number of nitrogens with zero attached hydrogens (tertiary/aromatic N) is 2. The van der Waals surface area contributed by atoms with Crippen molar-refractivity contribution in [2.75, 3.05) is 19.6 Å². The molecule has 0 aromatic carbocycles. The second-order valence-corrected chi connectivity index (χ2v) is 6.26. The van der Waals surface area contributed by atoms with Crippen molar-refractivity contribution in [1.82, 2.24) is 15.2 Å². The van der Waals surface area contributed by atoms with Crippen LogP contribution in [0.25, 0.3) is 0 Å². The highest BCUT2D eigenvalue weighted by Crippen LogP contribution is 2.25. The van der Waals surface area contributed by atoms with Gasteiger partial charge in [-0.25, -0.2) is 0 Å². The van der Waals surface area contributed by atoms with Crippen molar-refractivity contribution in [3.05, 3.63) is 41.7 Å². The van der Waals surface area contributed by atoms with E-state index in [1.807, 2.05) is 18.3 Å². The van der Waals surface area contributed by atoms with Gasteiger partial charge >= 0.3 is 0 Å². The van der Waals surface area contributed by atoms with Crippen LogP contribution in [-0.4, -0.2) is 35.4 Å². The molecule has 1 amide bonds. The van der Waals surface area contributed by atoms with Crippen LogP contribution in [-0.2, 0) is 4.79 Å². The number of hydrogen-bond acceptors (Lipinski definition) is 3. The number of amides is 1. The summed E-state index contributed by atoms with van der Waals surface area (Å²) in [7, 11) is 0. The number of carbonyl (C=O) groups excluding carboxylic acids is 1. The lowest BCUT2D eigenvalue weighted by atomic mass is 9.99. The third kappa shape index (κ3) is 3.74. The van der Waals surface area contributed by atoms with Crippen molar-refractivity contribution < 1.29 is 4.79 Å². The summed E-state index contributed by atoms with van der Waals surface area (Å²) < 4.78 is 0. The molecule has 1 saturated heterocycles. The molecule has 22 heavy (non-hydrogen) atoms. The maximum atomic E-state index is 12.8. The zero-order chi connectivity index (χ0) is 15.2. The lowest BCUT2D eigenvalue weighted by Gasteiger charge is -2.27. The molecule has 2 aliphatic rings. The van der Waals surface area contributed by atoms with Gasteiger partial charge in [0.05, 0.1) is 0 Å². The van der Waals surface area contributed by atoms with Crippen LogP contribution in [0, 0.1) is 0 Å². The van der Waals surface area contributed by atoms with Crippen LogP contribution in [0.4, 0.5) is 0 Å². The largest absolute Gasteiger partial charge is 0.351 e. The average Bonchev–Trinajstić information content (AvgIpc) is 3.09. The Bertz CT molecular complexity index is 520. The number of aromatic nitrogens is 1. The van der Waals surface area contributed by atoms with Crippen LogP contribution in [0.5, 0.6) is 0 Å². The Balaban J connectivity index is 1.68. The molecule has 0 spiro atoms. The summed E-state index contributed by atoms with van der Waals surface area (Å²) in [5, 5.41) is 3.15. The van der Waals surface area contributed by atoms with Gasteiger partial charge in [0, 0.05) is 18.9 Å². The molecule has 0 radical (unpaired) electrons. The van der Waals surface area contributed by atoms with Crippen molar-refractivity contribution >= 4 is 5.91 Å². The second kappa shape index (κ2) is 7.54. The monoisotopic (exact) mass is 299 g/mol. The molecule has 1 aromatic heterocycles. The zero-order valence-electron chi connectivity index (χ0n) is 13.1. The first-order valence-electron chi connectivity index (χ1n) is 8.44. The highest BCUT2D eigenvalue weighted by molar-refractivity contribution is 5.83. The Hall–Kier alpha value is -1.68. The van der Waals surface area contributed by atoms with E-state index >= 15 is 0 Å². The summed E-state index contributed by atoms with van der Waals surface area (Å²) in [5.74, 6) is 0.112. The molecule has 3 rings (SSSR count). The molecular formula is C18H25N3O. The molecule has 1 aliphatic carbocycles. The molecule has 0 unspecified atom stereocenters. The van der Waals surface area contributed by atoms with Crippen LogP contribution in [0.15, 0.2) is 36.2 Å². The third-order valence-corrected chi connectivity index (χ3v) is 4.63. The van der Waals surface area contributed by atoms with Crippen LogP contribution >= 0.6 is 0 Å². The van der Waals surface area contributed by atoms with Gasteiger partial charge in [-0.15, -0.1) is 0 Å². The topological polar surface area (TPSA) is 45.2 Å². The lowest BCUT2D eigenvalue weighted by molar-refractivity contribution is -0.126. The first kappa shape index (κ1) is 15.2. The minimum absolute atomic E-state index is 0.112. The van der Waals surface area contributed by atoms with E-state index in [0.717, 1.165) is 31.5 Å². The Morgan fingerprint density at radius 2 is 2.14 bits per heavy atom. The predicted octanol–water partition coefficient (Wildman–Crippen LogP) is 2.84. The van der Waals surface area contributed by atoms with Gasteiger partial charge in [-0.2, -0.15) is 0 Å². The van der Waals surface area contributed by atoms with Crippen molar-refractivity contribution in [1.29, 1.82) is 0 Å². The molecule has 1 N–H and O–H groups in total. The van der Waals surface area contributed by atoms with Gasteiger partial charge in [0.1, 0.15) is 6.04 Å². The van der Waals surface area contributed by atoms with E-state index in [0.29, 0.717) is 6.54 Å². The number of rotatable bonds is 5. The maximum absolute atomic E-state index is 12.8. The molecule has 1 aliphatic heterocycles. The minimum Gasteiger partial charge on any atom is -0.351 e. The fourth-order valence-electron chi connectivity index (χ4n) is 3.43. The molecule has 118 valence electrons. The Kier molecular flexibility index (Phi) is 5.22. The molecule has 1 atom stereocenters. The number of carbonyl (C=O) groups is 1. The summed E-state index contributed by atoms with van der Waals surface area (Å²) in [5.41, 5.74) is 2.38. The maximum Gasteiger partial charge on any atom is 0.242 e. The number of hydrogen-bond donors (Lipinski definition) is 1. The molecule has 1 aromatic rings. The average molecular weight is 299 g/mol. The van der Waals surface area contributed by atoms with E-state index in [2.05, 4.69) is 21.3 Å². The van der Waals surface area contributed by atoms with Gasteiger partial charge in [0.15, 0.2) is 0 Å². The van der Waals surface area contributed by atoms with Crippen LogP contribution in [0.2, 0.25) is 0 Å². The number of pyridine rings is 1. The standard InChI is InChI=1S/C18H25N3O/c22-18(20-13-15-7-2-1-3-8-15)17(21-11-4-5-12-21)16-9-6-10-19-14-16/h6-7,9-10,14,17H,1-5,8,11-13H2,(H,20,22)/t17-/m1/s1. The highest BCUT2D eigenvalue weighted by atomic mass is 16.2. The van der Waals surface area contributed by atoms with Gasteiger partial charge in [0.25, 0.3) is 0 Å². The predicted molar refractivity (Wildman–Crippen MR) is 87.3 cm³/mol. The van der Waals surface area contributed by atoms with Crippen LogP contribution in [0.3, 0.4) is 0 Å². The molecule has 0 saturated carbocycles. The van der Waals surface area contributed by atoms with E-state index in [-0.39, 0.29) is 11.9 Å². The Morgan fingerprint density at radius 1 is 1.27 bits per heavy atom. The molecular weight excluding hydrogens is 274 g/mol. The van der Waals surface area contributed by atoms with E-state index in [1.54, 1.807) is 6.20 Å². The highest BCUT2D eigenvalue weighted by Gasteiger charge is 2.29. The zero-order valence-corrected chi connectivity index (χ0v) is 13.1. The van der Waals surface area contributed by atoms with E-state index in [1.165, 1.54) is 31.3 Å². The summed E-state index contributed by atoms with van der Waals surface area (Å²) >= 11 is 0. The van der Waals surface area contributed by atoms with Gasteiger partial charge in [-0.1, -0.05) is 17.7 Å². The summed E-state index contributed by atoms with van der Waals surface area (Å²) in [6.45, 7) is 2.69. The van der Waals surface area contributed by atoms with Crippen LogP contribution in [0.1, 0.15) is 50.1 Å². The fraction of sp³-hybridized carbons (Fsp3) is 0.556. The first-order chi connectivity index (χ1) is 10.8. The smallest absolute Gasteiger partial charge is 0.242 e. The lowest BCUT2D eigenvalue weighted by Crippen LogP contribution is -2.40. The van der Waals surface area contributed by atoms with Gasteiger partial charge < -0.3 is 5.32 Å². The summed E-state index contributed by atoms with van der Waals surface area (Å²) in [6, 6.07) is 3.73. The van der Waals surface area contributed by atoms with E-state index in [9.17, 15) is 4.79 Å². The first-order valence-corrected chi connectivity index (χ1v) is 8.44. The third-order valence-electron chi connectivity index (χ3n) is 4.63. The Morgan fingerprint density at radius 3 is 2.82 bits per heavy atom. The number of allylic oxidation sites excluding steroid dienone is 1. The van der Waals surface area contributed by atoms with Crippen molar-refractivity contribution in [3.8, 4) is 0 Å². The Labute approximate surface area is 132 Å². The van der Waals surface area contributed by atoms with Gasteiger partial charge in [-0.05, 0) is 63.2 Å². The number of nitrogens with one attached hydrogen (secondary N) is 1. The molecule has 1 fully saturated rings. The SMILES string of the molecule is O=C(NCC1=CCCCC1)[C@@H](c1cccnc1)N1CCCC1. The van der Waals surface area contributed by atoms with Crippen LogP contribution < -0.4 is 5.32 Å². The van der Waals surface area contributed by atoms with Crippen molar-refractivity contribution in [2.24, 2.45) is 0 Å². The molecule has 0 bridgehead atoms. The summed E-state index contributed by atoms with van der Waals surface area (Å²) in [6.07, 6.45) is 13.0. The normalized spacial score (nSPS) is 20.5. The number of likely N-dealkylation sites (tertiary alicyclic amines) is 1. The quantitative estimate of drug-likeness (QED) is 0.850. The van der Waals surface area contributed by atoms with Gasteiger partial charge in [0.2, 0.25) is 5.91 Å². The molecule has 4 heteroatoms. The summed E-state index contributed by atoms with van der Waals surface area (Å²) in [4.78, 5) is 19.2. The van der Waals surface area contributed by atoms with E-state index in [4.69, 9.17) is 0 Å². The second-order valence-electron chi connectivity index (χ2n) is 6.26. The minimum atomic E-state index is -0.194. The van der Waals surface area contributed by atoms with Crippen molar-refractivity contribution in [2.45, 2.75) is 44.6 Å². The van der Waals surface area contributed by atoms with Gasteiger partial charge in [-0.3, -0.25) is 14.7 Å². The molecule has 2 heterocycles. The van der Waals surface area contributed by atoms with E-state index < -0.39 is 0 Å². The van der Waals surface area contributed by atoms with Crippen molar-refractivity contribution in [3.63, 3.8) is 0 Å². The fourth-order valence-corrected chi connectivity index (χ4v) is 3.43. The molecule has 4 nitrogen and oxygen atoms in total.